The van der Waals surface area contributed by atoms with Gasteiger partial charge in [-0.25, -0.2) is 4.98 Å². The van der Waals surface area contributed by atoms with Crippen LogP contribution in [-0.2, 0) is 0 Å². The van der Waals surface area contributed by atoms with Gasteiger partial charge >= 0.3 is 0 Å². The second-order valence-electron chi connectivity index (χ2n) is 7.04. The lowest BCUT2D eigenvalue weighted by Gasteiger charge is -2.28. The summed E-state index contributed by atoms with van der Waals surface area (Å²) < 4.78 is 1.70. The van der Waals surface area contributed by atoms with Gasteiger partial charge in [-0.15, -0.1) is 0 Å². The van der Waals surface area contributed by atoms with E-state index in [1.54, 1.807) is 34.9 Å². The van der Waals surface area contributed by atoms with Crippen molar-refractivity contribution >= 4 is 23.1 Å². The van der Waals surface area contributed by atoms with E-state index in [-0.39, 0.29) is 17.9 Å². The summed E-state index contributed by atoms with van der Waals surface area (Å²) in [4.78, 5) is 29.4. The molecule has 144 valence electrons. The summed E-state index contributed by atoms with van der Waals surface area (Å²) in [5.41, 5.74) is 2.06. The maximum absolute atomic E-state index is 12.6. The number of rotatable bonds is 4. The van der Waals surface area contributed by atoms with E-state index in [4.69, 9.17) is 0 Å². The second-order valence-corrected chi connectivity index (χ2v) is 7.04. The standard InChI is InChI=1S/C21H22N4O3/c26-18-9-2-1-8-16(18)24-20(27)14-6-5-7-15(12-14)23-21(28)17-13-22-19-10-3-4-11-25(17)19/h3-7,10-13,16,18,26H,1-2,8-9H2,(H,23,28)(H,24,27)/t16-,18+/m0/s1. The smallest absolute Gasteiger partial charge is 0.274 e. The van der Waals surface area contributed by atoms with Gasteiger partial charge in [-0.1, -0.05) is 25.0 Å². The number of nitrogens with one attached hydrogen (secondary N) is 2. The number of anilines is 1. The molecule has 0 spiro atoms. The highest BCUT2D eigenvalue weighted by Gasteiger charge is 2.25. The first-order chi connectivity index (χ1) is 13.6. The number of aliphatic hydroxyl groups excluding tert-OH is 1. The highest BCUT2D eigenvalue weighted by Crippen LogP contribution is 2.19. The molecule has 3 aromatic rings. The van der Waals surface area contributed by atoms with Gasteiger partial charge in [0.05, 0.1) is 18.3 Å². The van der Waals surface area contributed by atoms with Crippen LogP contribution >= 0.6 is 0 Å². The van der Waals surface area contributed by atoms with Crippen molar-refractivity contribution in [3.05, 3.63) is 66.1 Å². The zero-order chi connectivity index (χ0) is 19.5. The number of hydrogen-bond donors (Lipinski definition) is 3. The Balaban J connectivity index is 1.47. The Bertz CT molecular complexity index is 1010. The molecule has 0 bridgehead atoms. The minimum absolute atomic E-state index is 0.224. The number of aliphatic hydroxyl groups is 1. The lowest BCUT2D eigenvalue weighted by Crippen LogP contribution is -2.45. The molecule has 0 aliphatic heterocycles. The molecule has 1 fully saturated rings. The summed E-state index contributed by atoms with van der Waals surface area (Å²) in [6.45, 7) is 0. The topological polar surface area (TPSA) is 95.7 Å². The van der Waals surface area contributed by atoms with E-state index < -0.39 is 6.10 Å². The molecule has 7 nitrogen and oxygen atoms in total. The first-order valence-electron chi connectivity index (χ1n) is 9.44. The Morgan fingerprint density at radius 3 is 2.79 bits per heavy atom. The van der Waals surface area contributed by atoms with Gasteiger partial charge in [-0.3, -0.25) is 14.0 Å². The number of imidazole rings is 1. The number of benzene rings is 1. The van der Waals surface area contributed by atoms with Gasteiger partial charge < -0.3 is 15.7 Å². The van der Waals surface area contributed by atoms with Gasteiger partial charge in [0, 0.05) is 17.4 Å². The predicted octanol–water partition coefficient (Wildman–Crippen LogP) is 2.62. The fraction of sp³-hybridized carbons (Fsp3) is 0.286. The molecule has 1 aliphatic carbocycles. The molecule has 0 radical (unpaired) electrons. The Labute approximate surface area is 162 Å². The van der Waals surface area contributed by atoms with Crippen molar-refractivity contribution < 1.29 is 14.7 Å². The fourth-order valence-electron chi connectivity index (χ4n) is 3.57. The lowest BCUT2D eigenvalue weighted by molar-refractivity contribution is 0.0717. The van der Waals surface area contributed by atoms with Gasteiger partial charge in [0.25, 0.3) is 11.8 Å². The molecule has 3 N–H and O–H groups in total. The third-order valence-corrected chi connectivity index (χ3v) is 5.08. The molecule has 7 heteroatoms. The zero-order valence-electron chi connectivity index (χ0n) is 15.3. The van der Waals surface area contributed by atoms with Gasteiger partial charge in [-0.2, -0.15) is 0 Å². The van der Waals surface area contributed by atoms with Gasteiger partial charge in [0.15, 0.2) is 0 Å². The molecule has 2 aromatic heterocycles. The molecule has 2 amide bonds. The van der Waals surface area contributed by atoms with Crippen LogP contribution in [0.4, 0.5) is 5.69 Å². The highest BCUT2D eigenvalue weighted by molar-refractivity contribution is 6.04. The molecule has 1 saturated carbocycles. The second kappa shape index (κ2) is 7.82. The van der Waals surface area contributed by atoms with Gasteiger partial charge in [-0.05, 0) is 43.2 Å². The van der Waals surface area contributed by atoms with Crippen molar-refractivity contribution in [2.75, 3.05) is 5.32 Å². The molecule has 1 aliphatic rings. The molecule has 0 saturated heterocycles. The van der Waals surface area contributed by atoms with Crippen LogP contribution in [0.2, 0.25) is 0 Å². The van der Waals surface area contributed by atoms with Gasteiger partial charge in [0.2, 0.25) is 0 Å². The molecular formula is C21H22N4O3. The summed E-state index contributed by atoms with van der Waals surface area (Å²) in [5.74, 6) is -0.559. The maximum atomic E-state index is 12.6. The molecule has 1 aromatic carbocycles. The van der Waals surface area contributed by atoms with Crippen LogP contribution in [0.3, 0.4) is 0 Å². The van der Waals surface area contributed by atoms with Crippen LogP contribution in [0.15, 0.2) is 54.9 Å². The SMILES string of the molecule is O=C(N[C@H]1CCCC[C@H]1O)c1cccc(NC(=O)c2cnc3ccccn23)c1. The van der Waals surface area contributed by atoms with E-state index >= 15 is 0 Å². The van der Waals surface area contributed by atoms with Crippen LogP contribution in [0.25, 0.3) is 5.65 Å². The van der Waals surface area contributed by atoms with Crippen molar-refractivity contribution in [3.63, 3.8) is 0 Å². The van der Waals surface area contributed by atoms with Crippen molar-refractivity contribution in [3.8, 4) is 0 Å². The molecule has 28 heavy (non-hydrogen) atoms. The van der Waals surface area contributed by atoms with Crippen molar-refractivity contribution in [1.82, 2.24) is 14.7 Å². The maximum Gasteiger partial charge on any atom is 0.274 e. The Morgan fingerprint density at radius 1 is 1.07 bits per heavy atom. The minimum Gasteiger partial charge on any atom is -0.391 e. The lowest BCUT2D eigenvalue weighted by atomic mass is 9.92. The number of carbonyl (C=O) groups is 2. The molecule has 0 unspecified atom stereocenters. The zero-order valence-corrected chi connectivity index (χ0v) is 15.3. The summed E-state index contributed by atoms with van der Waals surface area (Å²) in [5, 5.41) is 15.8. The Kier molecular flexibility index (Phi) is 5.08. The highest BCUT2D eigenvalue weighted by atomic mass is 16.3. The quantitative estimate of drug-likeness (QED) is 0.650. The normalized spacial score (nSPS) is 19.3. The van der Waals surface area contributed by atoms with E-state index in [2.05, 4.69) is 15.6 Å². The largest absolute Gasteiger partial charge is 0.391 e. The van der Waals surface area contributed by atoms with Crippen LogP contribution in [0, 0.1) is 0 Å². The van der Waals surface area contributed by atoms with Crippen molar-refractivity contribution in [1.29, 1.82) is 0 Å². The number of fused-ring (bicyclic) bond motifs is 1. The van der Waals surface area contributed by atoms with Crippen molar-refractivity contribution in [2.24, 2.45) is 0 Å². The van der Waals surface area contributed by atoms with E-state index in [0.29, 0.717) is 29.0 Å². The van der Waals surface area contributed by atoms with Crippen LogP contribution < -0.4 is 10.6 Å². The Morgan fingerprint density at radius 2 is 1.93 bits per heavy atom. The van der Waals surface area contributed by atoms with E-state index in [1.165, 1.54) is 6.20 Å². The number of pyridine rings is 1. The van der Waals surface area contributed by atoms with E-state index in [0.717, 1.165) is 19.3 Å². The minimum atomic E-state index is -0.504. The van der Waals surface area contributed by atoms with Crippen LogP contribution in [0.5, 0.6) is 0 Å². The summed E-state index contributed by atoms with van der Waals surface area (Å²) in [6, 6.07) is 12.1. The number of nitrogens with zero attached hydrogens (tertiary/aromatic N) is 2. The number of aromatic nitrogens is 2. The molecule has 4 rings (SSSR count). The Hall–Kier alpha value is -3.19. The third-order valence-electron chi connectivity index (χ3n) is 5.08. The van der Waals surface area contributed by atoms with E-state index in [9.17, 15) is 14.7 Å². The number of carbonyl (C=O) groups excluding carboxylic acids is 2. The first kappa shape index (κ1) is 18.2. The van der Waals surface area contributed by atoms with Gasteiger partial charge in [0.1, 0.15) is 11.3 Å². The van der Waals surface area contributed by atoms with E-state index in [1.807, 2.05) is 18.2 Å². The molecular weight excluding hydrogens is 356 g/mol. The predicted molar refractivity (Wildman–Crippen MR) is 105 cm³/mol. The van der Waals surface area contributed by atoms with Crippen molar-refractivity contribution in [2.45, 2.75) is 37.8 Å². The third kappa shape index (κ3) is 3.75. The number of hydrogen-bond acceptors (Lipinski definition) is 4. The fourth-order valence-corrected chi connectivity index (χ4v) is 3.57. The molecule has 2 heterocycles. The molecule has 2 atom stereocenters. The number of amides is 2. The summed E-state index contributed by atoms with van der Waals surface area (Å²) >= 11 is 0. The first-order valence-corrected chi connectivity index (χ1v) is 9.44. The summed E-state index contributed by atoms with van der Waals surface area (Å²) in [7, 11) is 0. The average Bonchev–Trinajstić information content (AvgIpc) is 3.14. The monoisotopic (exact) mass is 378 g/mol. The van der Waals surface area contributed by atoms with Crippen LogP contribution in [-0.4, -0.2) is 38.5 Å². The van der Waals surface area contributed by atoms with Crippen LogP contribution in [0.1, 0.15) is 46.5 Å². The summed E-state index contributed by atoms with van der Waals surface area (Å²) in [6.07, 6.45) is 6.26. The average molecular weight is 378 g/mol.